The lowest BCUT2D eigenvalue weighted by atomic mass is 9.76. The van der Waals surface area contributed by atoms with Gasteiger partial charge >= 0.3 is 0 Å². The van der Waals surface area contributed by atoms with E-state index in [4.69, 9.17) is 9.72 Å². The third-order valence-electron chi connectivity index (χ3n) is 8.18. The molecular weight excluding hydrogens is 530 g/mol. The molecule has 216 valence electrons. The number of hydrogen-bond donors (Lipinski definition) is 4. The second-order valence-electron chi connectivity index (χ2n) is 11.1. The fraction of sp³-hybridized carbons (Fsp3) is 0.355. The predicted molar refractivity (Wildman–Crippen MR) is 160 cm³/mol. The molecule has 0 spiro atoms. The molecule has 1 saturated carbocycles. The predicted octanol–water partition coefficient (Wildman–Crippen LogP) is 5.42. The quantitative estimate of drug-likeness (QED) is 0.195. The van der Waals surface area contributed by atoms with Crippen molar-refractivity contribution < 1.29 is 9.53 Å². The van der Waals surface area contributed by atoms with Crippen molar-refractivity contribution in [1.29, 1.82) is 0 Å². The van der Waals surface area contributed by atoms with Gasteiger partial charge in [0.05, 0.1) is 34.3 Å². The van der Waals surface area contributed by atoms with E-state index in [0.717, 1.165) is 63.6 Å². The summed E-state index contributed by atoms with van der Waals surface area (Å²) in [5.74, 6) is 1.46. The van der Waals surface area contributed by atoms with Crippen molar-refractivity contribution in [3.63, 3.8) is 0 Å². The topological polar surface area (TPSA) is 146 Å². The van der Waals surface area contributed by atoms with E-state index in [1.165, 1.54) is 0 Å². The molecule has 11 heteroatoms. The fourth-order valence-electron chi connectivity index (χ4n) is 5.74. The number of aromatic nitrogens is 7. The summed E-state index contributed by atoms with van der Waals surface area (Å²) in [6.07, 6.45) is 6.25. The zero-order valence-electron chi connectivity index (χ0n) is 24.2. The lowest BCUT2D eigenvalue weighted by Gasteiger charge is -2.38. The highest BCUT2D eigenvalue weighted by Gasteiger charge is 2.43. The molecule has 6 rings (SSSR count). The average Bonchev–Trinajstić information content (AvgIpc) is 3.64. The minimum absolute atomic E-state index is 0.107. The van der Waals surface area contributed by atoms with Gasteiger partial charge in [0, 0.05) is 42.6 Å². The van der Waals surface area contributed by atoms with Gasteiger partial charge in [0.1, 0.15) is 11.4 Å². The Kier molecular flexibility index (Phi) is 7.42. The van der Waals surface area contributed by atoms with Crippen LogP contribution in [0.1, 0.15) is 67.2 Å². The van der Waals surface area contributed by atoms with Gasteiger partial charge in [-0.15, -0.1) is 0 Å². The maximum absolute atomic E-state index is 13.6. The van der Waals surface area contributed by atoms with Crippen molar-refractivity contribution in [2.45, 2.75) is 64.0 Å². The van der Waals surface area contributed by atoms with E-state index < -0.39 is 5.60 Å². The second kappa shape index (κ2) is 11.3. The Morgan fingerprint density at radius 3 is 2.55 bits per heavy atom. The monoisotopic (exact) mass is 565 g/mol. The SMILES string of the molecule is CO[C@]1(C(=O)N[C@@H](C)c2ccc(-c3cc(C)n[nH]3)nc2)CC[C@H](c2nc(Nc3cc(C)[nH]n3)cc3cccnc32)CC1. The molecule has 0 radical (unpaired) electrons. The van der Waals surface area contributed by atoms with Crippen LogP contribution >= 0.6 is 0 Å². The van der Waals surface area contributed by atoms with E-state index in [0.29, 0.717) is 18.7 Å². The number of amides is 1. The molecule has 0 aliphatic heterocycles. The standard InChI is InChI=1S/C31H35N9O2/c1-18-14-25(39-37-18)24-8-7-23(17-33-24)20(3)34-30(41)31(42-4)11-9-21(10-12-31)29-28-22(6-5-13-32-28)16-26(36-29)35-27-15-19(2)38-40-27/h5-8,13-17,20-21H,9-12H2,1-4H3,(H,34,41)(H,37,39)(H2,35,36,38,40)/t20-,21-,31+/m0/s1. The largest absolute Gasteiger partial charge is 0.368 e. The normalized spacial score (nSPS) is 19.5. The fourth-order valence-corrected chi connectivity index (χ4v) is 5.74. The van der Waals surface area contributed by atoms with Crippen LogP contribution in [0.25, 0.3) is 22.3 Å². The first-order valence-electron chi connectivity index (χ1n) is 14.2. The number of carbonyl (C=O) groups is 1. The highest BCUT2D eigenvalue weighted by atomic mass is 16.5. The third kappa shape index (κ3) is 5.47. The molecule has 42 heavy (non-hydrogen) atoms. The number of methoxy groups -OCH3 is 1. The summed E-state index contributed by atoms with van der Waals surface area (Å²) in [5.41, 5.74) is 5.37. The molecule has 0 bridgehead atoms. The molecule has 5 aromatic heterocycles. The van der Waals surface area contributed by atoms with Crippen molar-refractivity contribution in [1.82, 2.24) is 40.7 Å². The highest BCUT2D eigenvalue weighted by Crippen LogP contribution is 2.42. The number of ether oxygens (including phenoxy) is 1. The van der Waals surface area contributed by atoms with E-state index in [1.54, 1.807) is 19.5 Å². The number of aromatic amines is 2. The lowest BCUT2D eigenvalue weighted by molar-refractivity contribution is -0.148. The number of hydrogen-bond acceptors (Lipinski definition) is 8. The number of H-pyrrole nitrogens is 2. The zero-order valence-corrected chi connectivity index (χ0v) is 24.2. The van der Waals surface area contributed by atoms with E-state index >= 15 is 0 Å². The molecule has 1 amide bonds. The van der Waals surface area contributed by atoms with E-state index in [1.807, 2.05) is 63.2 Å². The number of carbonyl (C=O) groups excluding carboxylic acids is 1. The van der Waals surface area contributed by atoms with Gasteiger partial charge in [0.15, 0.2) is 5.82 Å². The number of aryl methyl sites for hydroxylation is 2. The summed E-state index contributed by atoms with van der Waals surface area (Å²) in [4.78, 5) is 27.8. The van der Waals surface area contributed by atoms with Crippen LogP contribution in [0.2, 0.25) is 0 Å². The van der Waals surface area contributed by atoms with E-state index in [2.05, 4.69) is 41.0 Å². The summed E-state index contributed by atoms with van der Waals surface area (Å²) in [7, 11) is 1.62. The minimum atomic E-state index is -0.906. The second-order valence-corrected chi connectivity index (χ2v) is 11.1. The first-order valence-corrected chi connectivity index (χ1v) is 14.2. The van der Waals surface area contributed by atoms with Crippen LogP contribution in [-0.2, 0) is 9.53 Å². The first kappa shape index (κ1) is 27.5. The Labute approximate surface area is 243 Å². The summed E-state index contributed by atoms with van der Waals surface area (Å²) >= 11 is 0. The number of nitrogens with one attached hydrogen (secondary N) is 4. The number of pyridine rings is 3. The van der Waals surface area contributed by atoms with Crippen LogP contribution in [0.5, 0.6) is 0 Å². The number of anilines is 2. The van der Waals surface area contributed by atoms with E-state index in [9.17, 15) is 4.79 Å². The molecule has 1 fully saturated rings. The molecule has 1 aliphatic carbocycles. The molecule has 0 aromatic carbocycles. The first-order chi connectivity index (χ1) is 20.3. The molecule has 1 aliphatic rings. The lowest BCUT2D eigenvalue weighted by Crippen LogP contribution is -2.50. The Balaban J connectivity index is 1.16. The summed E-state index contributed by atoms with van der Waals surface area (Å²) in [6, 6.07) is 13.5. The van der Waals surface area contributed by atoms with Gasteiger partial charge in [-0.25, -0.2) is 4.98 Å². The highest BCUT2D eigenvalue weighted by molar-refractivity contribution is 5.86. The van der Waals surface area contributed by atoms with Crippen molar-refractivity contribution in [3.8, 4) is 11.4 Å². The molecule has 1 atom stereocenters. The maximum atomic E-state index is 13.6. The van der Waals surface area contributed by atoms with E-state index in [-0.39, 0.29) is 17.9 Å². The smallest absolute Gasteiger partial charge is 0.252 e. The van der Waals surface area contributed by atoms with Crippen LogP contribution in [0, 0.1) is 13.8 Å². The van der Waals surface area contributed by atoms with Gasteiger partial charge in [0.2, 0.25) is 0 Å². The van der Waals surface area contributed by atoms with Gasteiger partial charge in [0.25, 0.3) is 5.91 Å². The van der Waals surface area contributed by atoms with Crippen LogP contribution in [0.15, 0.2) is 54.9 Å². The van der Waals surface area contributed by atoms with Crippen molar-refractivity contribution in [3.05, 3.63) is 77.5 Å². The average molecular weight is 566 g/mol. The zero-order chi connectivity index (χ0) is 29.3. The number of fused-ring (bicyclic) bond motifs is 1. The van der Waals surface area contributed by atoms with Gasteiger partial charge in [-0.3, -0.25) is 25.0 Å². The Hall–Kier alpha value is -4.64. The Morgan fingerprint density at radius 2 is 1.88 bits per heavy atom. The summed E-state index contributed by atoms with van der Waals surface area (Å²) < 4.78 is 5.93. The van der Waals surface area contributed by atoms with Crippen molar-refractivity contribution in [2.75, 3.05) is 12.4 Å². The molecule has 5 heterocycles. The van der Waals surface area contributed by atoms with Crippen LogP contribution in [0.4, 0.5) is 11.6 Å². The summed E-state index contributed by atoms with van der Waals surface area (Å²) in [5, 5.41) is 21.9. The van der Waals surface area contributed by atoms with Gasteiger partial charge in [-0.2, -0.15) is 10.2 Å². The number of rotatable bonds is 8. The van der Waals surface area contributed by atoms with Gasteiger partial charge in [-0.1, -0.05) is 12.1 Å². The third-order valence-corrected chi connectivity index (χ3v) is 8.18. The molecule has 0 saturated heterocycles. The van der Waals surface area contributed by atoms with Crippen LogP contribution in [-0.4, -0.2) is 54.0 Å². The molecule has 4 N–H and O–H groups in total. The van der Waals surface area contributed by atoms with Gasteiger partial charge in [-0.05, 0) is 76.3 Å². The molecule has 0 unspecified atom stereocenters. The molecule has 5 aromatic rings. The Bertz CT molecular complexity index is 1700. The van der Waals surface area contributed by atoms with Crippen molar-refractivity contribution >= 4 is 28.4 Å². The van der Waals surface area contributed by atoms with Crippen LogP contribution in [0.3, 0.4) is 0 Å². The van der Waals surface area contributed by atoms with Gasteiger partial charge < -0.3 is 15.4 Å². The molecular formula is C31H35N9O2. The number of nitrogens with zero attached hydrogens (tertiary/aromatic N) is 5. The van der Waals surface area contributed by atoms with Crippen molar-refractivity contribution in [2.24, 2.45) is 0 Å². The summed E-state index contributed by atoms with van der Waals surface area (Å²) in [6.45, 7) is 5.85. The Morgan fingerprint density at radius 1 is 1.05 bits per heavy atom. The molecule has 11 nitrogen and oxygen atoms in total. The minimum Gasteiger partial charge on any atom is -0.368 e. The van der Waals surface area contributed by atoms with Crippen LogP contribution < -0.4 is 10.6 Å². The maximum Gasteiger partial charge on any atom is 0.252 e.